The Morgan fingerprint density at radius 3 is 2.28 bits per heavy atom. The van der Waals surface area contributed by atoms with Gasteiger partial charge in [-0.15, -0.1) is 33.3 Å². The molecular formula is C54H61ClN12O10S2. The van der Waals surface area contributed by atoms with Gasteiger partial charge in [0.15, 0.2) is 5.82 Å². The summed E-state index contributed by atoms with van der Waals surface area (Å²) in [7, 11) is 1.54. The molecule has 9 N–H and O–H groups in total. The van der Waals surface area contributed by atoms with Crippen LogP contribution < -0.4 is 42.4 Å². The normalized spacial score (nSPS) is 22.7. The Morgan fingerprint density at radius 1 is 0.886 bits per heavy atom. The molecule has 2 aromatic heterocycles. The molecular weight excluding hydrogens is 1080 g/mol. The van der Waals surface area contributed by atoms with Gasteiger partial charge < -0.3 is 52.4 Å². The number of amides is 8. The Balaban J connectivity index is 1.08. The summed E-state index contributed by atoms with van der Waals surface area (Å²) in [6.45, 7) is 7.34. The summed E-state index contributed by atoms with van der Waals surface area (Å²) in [6.07, 6.45) is -1.63. The number of aromatic nitrogens is 3. The summed E-state index contributed by atoms with van der Waals surface area (Å²) in [4.78, 5) is 119. The van der Waals surface area contributed by atoms with Gasteiger partial charge in [0.1, 0.15) is 47.8 Å². The van der Waals surface area contributed by atoms with E-state index in [0.29, 0.717) is 50.5 Å². The molecule has 2 fully saturated rings. The van der Waals surface area contributed by atoms with Gasteiger partial charge in [0, 0.05) is 46.3 Å². The van der Waals surface area contributed by atoms with Crippen molar-refractivity contribution in [1.29, 1.82) is 0 Å². The van der Waals surface area contributed by atoms with E-state index in [0.717, 1.165) is 27.8 Å². The summed E-state index contributed by atoms with van der Waals surface area (Å²) >= 11 is 8.72. The molecule has 25 heteroatoms. The van der Waals surface area contributed by atoms with Gasteiger partial charge in [-0.2, -0.15) is 0 Å². The number of aryl methyl sites for hydroxylation is 2. The second-order valence-corrected chi connectivity index (χ2v) is 22.8. The van der Waals surface area contributed by atoms with Crippen molar-refractivity contribution in [2.75, 3.05) is 38.2 Å². The number of nitrogens with two attached hydrogens (primary N) is 1. The monoisotopic (exact) mass is 1140 g/mol. The van der Waals surface area contributed by atoms with Gasteiger partial charge in [-0.1, -0.05) is 68.8 Å². The van der Waals surface area contributed by atoms with Crippen molar-refractivity contribution in [3.05, 3.63) is 117 Å². The molecule has 3 aliphatic heterocycles. The van der Waals surface area contributed by atoms with Gasteiger partial charge >= 0.3 is 0 Å². The summed E-state index contributed by atoms with van der Waals surface area (Å²) in [5.41, 5.74) is 9.53. The van der Waals surface area contributed by atoms with E-state index in [9.17, 15) is 43.5 Å². The number of carbonyl (C=O) groups is 8. The van der Waals surface area contributed by atoms with Crippen LogP contribution in [0.3, 0.4) is 0 Å². The highest BCUT2D eigenvalue weighted by Crippen LogP contribution is 2.35. The molecule has 79 heavy (non-hydrogen) atoms. The Labute approximate surface area is 468 Å². The molecule has 3 aromatic carbocycles. The molecule has 0 spiro atoms. The van der Waals surface area contributed by atoms with E-state index >= 15 is 0 Å². The van der Waals surface area contributed by atoms with Crippen LogP contribution in [0.4, 0.5) is 0 Å². The number of thioether (sulfide) groups is 1. The minimum atomic E-state index is -1.59. The molecule has 0 saturated carbocycles. The number of halogens is 1. The summed E-state index contributed by atoms with van der Waals surface area (Å²) in [5.74, 6) is -5.55. The zero-order chi connectivity index (χ0) is 56.9. The molecule has 8 amide bonds. The fraction of sp³-hybridized carbons (Fsp3) is 0.389. The average Bonchev–Trinajstić information content (AvgIpc) is 4.24. The molecule has 0 aliphatic carbocycles. The van der Waals surface area contributed by atoms with Gasteiger partial charge in [-0.05, 0) is 77.7 Å². The smallest absolute Gasteiger partial charge is 0.247 e. The van der Waals surface area contributed by atoms with E-state index in [1.807, 2.05) is 30.5 Å². The number of rotatable bonds is 9. The summed E-state index contributed by atoms with van der Waals surface area (Å²) < 4.78 is 7.36. The number of aliphatic hydroxyl groups is 1. The molecule has 7 atom stereocenters. The van der Waals surface area contributed by atoms with Gasteiger partial charge in [-0.3, -0.25) is 47.9 Å². The van der Waals surface area contributed by atoms with E-state index in [1.165, 1.54) is 23.3 Å². The number of fused-ring (bicyclic) bond motifs is 4. The van der Waals surface area contributed by atoms with Crippen LogP contribution >= 0.6 is 34.7 Å². The van der Waals surface area contributed by atoms with E-state index in [4.69, 9.17) is 27.1 Å². The van der Waals surface area contributed by atoms with Crippen molar-refractivity contribution in [3.8, 4) is 21.9 Å². The maximum Gasteiger partial charge on any atom is 0.247 e. The molecule has 2 saturated heterocycles. The lowest BCUT2D eigenvalue weighted by atomic mass is 9.85. The third kappa shape index (κ3) is 13.4. The Bertz CT molecular complexity index is 3200. The first-order valence-electron chi connectivity index (χ1n) is 25.3. The Hall–Kier alpha value is -7.67. The van der Waals surface area contributed by atoms with Gasteiger partial charge in [-0.25, -0.2) is 0 Å². The number of primary amides is 1. The lowest BCUT2D eigenvalue weighted by Crippen LogP contribution is -2.58. The maximum atomic E-state index is 14.4. The minimum Gasteiger partial charge on any atom is -0.497 e. The number of hydrogen-bond donors (Lipinski definition) is 8. The largest absolute Gasteiger partial charge is 0.497 e. The predicted molar refractivity (Wildman–Crippen MR) is 296 cm³/mol. The van der Waals surface area contributed by atoms with Crippen molar-refractivity contribution >= 4 is 87.7 Å². The number of ether oxygens (including phenoxy) is 1. The van der Waals surface area contributed by atoms with Crippen LogP contribution in [-0.4, -0.2) is 146 Å². The second-order valence-electron chi connectivity index (χ2n) is 20.4. The van der Waals surface area contributed by atoms with Crippen molar-refractivity contribution in [3.63, 3.8) is 0 Å². The molecule has 5 aromatic rings. The third-order valence-electron chi connectivity index (χ3n) is 13.6. The van der Waals surface area contributed by atoms with Crippen LogP contribution in [0.5, 0.6) is 5.75 Å². The van der Waals surface area contributed by atoms with Gasteiger partial charge in [0.2, 0.25) is 47.3 Å². The first-order valence-corrected chi connectivity index (χ1v) is 27.7. The molecule has 0 unspecified atom stereocenters. The summed E-state index contributed by atoms with van der Waals surface area (Å²) in [6, 6.07) is 13.4. The number of aliphatic imine (C=N–C) groups is 1. The predicted octanol–water partition coefficient (Wildman–Crippen LogP) is 2.34. The first kappa shape index (κ1) is 57.5. The molecule has 416 valence electrons. The van der Waals surface area contributed by atoms with E-state index < -0.39 is 108 Å². The number of benzene rings is 3. The number of methoxy groups -OCH3 is 1. The number of nitrogens with zero attached hydrogens (tertiary/aromatic N) is 5. The molecule has 0 radical (unpaired) electrons. The lowest BCUT2D eigenvalue weighted by Gasteiger charge is -2.35. The Kier molecular flexibility index (Phi) is 17.9. The minimum absolute atomic E-state index is 0.178. The molecule has 5 heterocycles. The van der Waals surface area contributed by atoms with E-state index in [-0.39, 0.29) is 30.9 Å². The van der Waals surface area contributed by atoms with Gasteiger partial charge in [0.25, 0.3) is 0 Å². The second kappa shape index (κ2) is 24.6. The fourth-order valence-corrected chi connectivity index (χ4v) is 11.4. The Morgan fingerprint density at radius 2 is 1.61 bits per heavy atom. The van der Waals surface area contributed by atoms with Crippen molar-refractivity contribution in [1.82, 2.24) is 51.6 Å². The zero-order valence-electron chi connectivity index (χ0n) is 44.1. The van der Waals surface area contributed by atoms with Crippen molar-refractivity contribution in [2.45, 2.75) is 89.8 Å². The van der Waals surface area contributed by atoms with E-state index in [1.54, 1.807) is 86.9 Å². The molecule has 8 rings (SSSR count). The topological polar surface area (TPSA) is 311 Å². The van der Waals surface area contributed by atoms with Gasteiger partial charge in [0.05, 0.1) is 43.3 Å². The highest BCUT2D eigenvalue weighted by Gasteiger charge is 2.45. The number of nitrogens with one attached hydrogen (secondary N) is 6. The highest BCUT2D eigenvalue weighted by atomic mass is 35.5. The van der Waals surface area contributed by atoms with Crippen molar-refractivity contribution in [2.24, 2.45) is 16.1 Å². The van der Waals surface area contributed by atoms with E-state index in [2.05, 4.69) is 42.1 Å². The molecule has 0 bridgehead atoms. The number of hydrogen-bond acceptors (Lipinski definition) is 15. The number of carbonyl (C=O) groups excluding carboxylic acids is 8. The molecule has 3 aliphatic rings. The molecule has 22 nitrogen and oxygen atoms in total. The van der Waals surface area contributed by atoms with Crippen LogP contribution in [0.25, 0.3) is 16.1 Å². The summed E-state index contributed by atoms with van der Waals surface area (Å²) in [5, 5.41) is 37.9. The van der Waals surface area contributed by atoms with Crippen LogP contribution in [0.1, 0.15) is 79.6 Å². The maximum absolute atomic E-state index is 14.4. The number of aliphatic hydroxyl groups excluding tert-OH is 1. The van der Waals surface area contributed by atoms with Crippen LogP contribution in [-0.2, 0) is 38.4 Å². The zero-order valence-corrected chi connectivity index (χ0v) is 46.5. The first-order chi connectivity index (χ1) is 37.6. The SMILES string of the molecule is COc1ccc2c(c1)C(c1ccc(Cl)cc1)=N[C@@H](CC(=O)NC[C@H]1NC(=O)CNC(=O)[C@H](c3ccc(-c4sccc4C)cc3)NC(=O)[C@@H]3C[C@@H](O)CN3C(=O)[C@H](C(C)(C)C)NC(=O)CSC[C@H](C(N)=O)NC1=O)c1nnc(C)n1-2. The van der Waals surface area contributed by atoms with Crippen molar-refractivity contribution < 1.29 is 48.2 Å². The van der Waals surface area contributed by atoms with Crippen LogP contribution in [0.15, 0.2) is 83.2 Å². The standard InChI is InChI=1S/C54H61ClN12O10S2/c1-27-17-18-79-46(27)31-9-7-30(8-10-31)45-52(75)58-23-42(70)59-37(50(73)61-38(48(56)72)25-78-26-43(71)62-47(54(3,4)5)53(76)66-24-33(68)19-40(66)51(74)63-45)22-57-41(69)21-36-49-65-64-28(2)67(49)39-16-15-34(77-6)20-35(39)44(60-36)29-11-13-32(55)14-12-29/h7-18,20,33,36-38,40,45,47,68H,19,21-26H2,1-6H3,(H2,56,72)(H,57,69)(H,58,75)(H,59,70)(H,61,73)(H,62,71)(H,63,74)/t33-,36+,37-,38-,40+,45+,47-/m1/s1. The average molecular weight is 1140 g/mol. The highest BCUT2D eigenvalue weighted by molar-refractivity contribution is 8.00. The number of thiophene rings is 1. The fourth-order valence-electron chi connectivity index (χ4n) is 9.46. The lowest BCUT2D eigenvalue weighted by molar-refractivity contribution is -0.144. The van der Waals surface area contributed by atoms with Crippen LogP contribution in [0.2, 0.25) is 5.02 Å². The third-order valence-corrected chi connectivity index (χ3v) is 15.9. The quantitative estimate of drug-likeness (QED) is 0.105. The van der Waals surface area contributed by atoms with Crippen LogP contribution in [0, 0.1) is 19.3 Å².